The Morgan fingerprint density at radius 2 is 1.97 bits per heavy atom. The van der Waals surface area contributed by atoms with Crippen LogP contribution in [-0.4, -0.2) is 34.2 Å². The van der Waals surface area contributed by atoms with E-state index >= 15 is 0 Å². The highest BCUT2D eigenvalue weighted by molar-refractivity contribution is 6.76. The largest absolute Gasteiger partial charge is 0.361 e. The maximum Gasteiger partial charge on any atom is 0.145 e. The van der Waals surface area contributed by atoms with Gasteiger partial charge in [-0.3, -0.25) is 4.98 Å². The molecule has 1 aliphatic rings. The maximum absolute atomic E-state index is 10.2. The number of aromatic nitrogens is 4. The quantitative estimate of drug-likeness (QED) is 0.270. The molecule has 0 amide bonds. The van der Waals surface area contributed by atoms with Crippen molar-refractivity contribution in [2.45, 2.75) is 50.7 Å². The second-order valence-electron chi connectivity index (χ2n) is 10.3. The summed E-state index contributed by atoms with van der Waals surface area (Å²) in [6.07, 6.45) is 6.74. The van der Waals surface area contributed by atoms with Gasteiger partial charge in [-0.2, -0.15) is 5.26 Å². The van der Waals surface area contributed by atoms with Crippen molar-refractivity contribution in [3.8, 4) is 17.3 Å². The molecule has 3 aromatic heterocycles. The number of fused-ring (bicyclic) bond motifs is 2. The third-order valence-corrected chi connectivity index (χ3v) is 8.34. The van der Waals surface area contributed by atoms with Crippen LogP contribution in [-0.2, 0) is 29.7 Å². The Hall–Kier alpha value is -3.34. The molecule has 0 bridgehead atoms. The van der Waals surface area contributed by atoms with Crippen molar-refractivity contribution in [1.82, 2.24) is 19.5 Å². The van der Waals surface area contributed by atoms with Crippen LogP contribution in [0.4, 0.5) is 0 Å². The van der Waals surface area contributed by atoms with Crippen LogP contribution in [0.5, 0.6) is 0 Å². The van der Waals surface area contributed by atoms with Crippen LogP contribution >= 0.6 is 0 Å². The molecule has 3 heterocycles. The van der Waals surface area contributed by atoms with Crippen molar-refractivity contribution in [3.05, 3.63) is 78.0 Å². The van der Waals surface area contributed by atoms with Gasteiger partial charge in [0, 0.05) is 50.1 Å². The van der Waals surface area contributed by atoms with Gasteiger partial charge in [0.1, 0.15) is 18.7 Å². The summed E-state index contributed by atoms with van der Waals surface area (Å²) >= 11 is 0. The first kappa shape index (κ1) is 22.4. The van der Waals surface area contributed by atoms with E-state index in [2.05, 4.69) is 71.0 Å². The average Bonchev–Trinajstić information content (AvgIpc) is 3.43. The fourth-order valence-corrected chi connectivity index (χ4v) is 5.41. The molecule has 0 spiro atoms. The first-order valence-electron chi connectivity index (χ1n) is 11.7. The summed E-state index contributed by atoms with van der Waals surface area (Å²) in [6, 6.07) is 18.1. The van der Waals surface area contributed by atoms with E-state index in [1.807, 2.05) is 22.9 Å². The summed E-state index contributed by atoms with van der Waals surface area (Å²) in [5.74, 6) is 0. The van der Waals surface area contributed by atoms with E-state index in [1.165, 1.54) is 0 Å². The first-order valence-corrected chi connectivity index (χ1v) is 15.4. The van der Waals surface area contributed by atoms with Crippen molar-refractivity contribution in [2.75, 3.05) is 6.61 Å². The molecule has 0 radical (unpaired) electrons. The minimum Gasteiger partial charge on any atom is -0.361 e. The van der Waals surface area contributed by atoms with Gasteiger partial charge in [0.2, 0.25) is 0 Å². The van der Waals surface area contributed by atoms with Gasteiger partial charge in [-0.15, -0.1) is 0 Å². The molecular formula is C27H29N5OSi. The lowest BCUT2D eigenvalue weighted by Crippen LogP contribution is -2.24. The summed E-state index contributed by atoms with van der Waals surface area (Å²) in [5, 5.41) is 11.2. The molecule has 6 nitrogen and oxygen atoms in total. The second-order valence-corrected chi connectivity index (χ2v) is 16.0. The highest BCUT2D eigenvalue weighted by atomic mass is 28.3. The third kappa shape index (κ3) is 4.27. The Balaban J connectivity index is 1.44. The average molecular weight is 468 g/mol. The second kappa shape index (κ2) is 8.78. The number of pyridine rings is 1. The number of hydrogen-bond donors (Lipinski definition) is 0. The third-order valence-electron chi connectivity index (χ3n) is 6.63. The van der Waals surface area contributed by atoms with Crippen LogP contribution in [0, 0.1) is 11.3 Å². The van der Waals surface area contributed by atoms with Crippen LogP contribution in [0.25, 0.3) is 22.3 Å². The number of nitriles is 1. The van der Waals surface area contributed by atoms with Crippen LogP contribution in [0.15, 0.2) is 61.2 Å². The lowest BCUT2D eigenvalue weighted by Gasteiger charge is -2.21. The highest BCUT2D eigenvalue weighted by Gasteiger charge is 2.40. The van der Waals surface area contributed by atoms with Gasteiger partial charge in [-0.05, 0) is 41.8 Å². The van der Waals surface area contributed by atoms with Crippen molar-refractivity contribution in [2.24, 2.45) is 0 Å². The van der Waals surface area contributed by atoms with Crippen LogP contribution < -0.4 is 0 Å². The van der Waals surface area contributed by atoms with Gasteiger partial charge in [-0.25, -0.2) is 9.97 Å². The Kier molecular flexibility index (Phi) is 5.80. The molecule has 0 saturated carbocycles. The number of rotatable bonds is 7. The van der Waals surface area contributed by atoms with Gasteiger partial charge in [0.05, 0.1) is 17.2 Å². The van der Waals surface area contributed by atoms with E-state index in [1.54, 1.807) is 12.5 Å². The van der Waals surface area contributed by atoms with E-state index in [-0.39, 0.29) is 0 Å². The smallest absolute Gasteiger partial charge is 0.145 e. The zero-order valence-electron chi connectivity index (χ0n) is 20.0. The van der Waals surface area contributed by atoms with E-state index in [0.29, 0.717) is 19.6 Å². The summed E-state index contributed by atoms with van der Waals surface area (Å²) in [7, 11) is -1.12. The Bertz CT molecular complexity index is 1360. The number of ether oxygens (including phenoxy) is 1. The molecule has 34 heavy (non-hydrogen) atoms. The Labute approximate surface area is 201 Å². The highest BCUT2D eigenvalue weighted by Crippen LogP contribution is 2.40. The summed E-state index contributed by atoms with van der Waals surface area (Å²) in [4.78, 5) is 13.7. The van der Waals surface area contributed by atoms with Gasteiger partial charge in [0.25, 0.3) is 0 Å². The molecule has 0 saturated heterocycles. The van der Waals surface area contributed by atoms with Crippen molar-refractivity contribution < 1.29 is 4.74 Å². The molecule has 4 aromatic rings. The predicted molar refractivity (Wildman–Crippen MR) is 136 cm³/mol. The predicted octanol–water partition coefficient (Wildman–Crippen LogP) is 5.37. The molecule has 1 aromatic carbocycles. The number of hydrogen-bond acceptors (Lipinski definition) is 5. The molecular weight excluding hydrogens is 438 g/mol. The fraction of sp³-hybridized carbons (Fsp3) is 0.333. The first-order chi connectivity index (χ1) is 16.4. The van der Waals surface area contributed by atoms with Crippen molar-refractivity contribution in [3.63, 3.8) is 0 Å². The normalized spacial score (nSPS) is 17.6. The molecule has 0 aliphatic heterocycles. The number of nitrogens with zero attached hydrogens (tertiary/aromatic N) is 5. The van der Waals surface area contributed by atoms with E-state index in [0.717, 1.165) is 51.8 Å². The zero-order valence-corrected chi connectivity index (χ0v) is 21.0. The summed E-state index contributed by atoms with van der Waals surface area (Å²) < 4.78 is 7.98. The molecule has 7 heteroatoms. The van der Waals surface area contributed by atoms with E-state index in [4.69, 9.17) is 4.74 Å². The SMILES string of the molecule is C[Si](C)(C)CCOCn1ccc2c(-c3cccc(C4(C#N)Cc5cccnc5C4)c3)ncnc21. The molecule has 5 rings (SSSR count). The van der Waals surface area contributed by atoms with E-state index < -0.39 is 13.5 Å². The van der Waals surface area contributed by atoms with Gasteiger partial charge in [-0.1, -0.05) is 43.9 Å². The minimum absolute atomic E-state index is 0.479. The van der Waals surface area contributed by atoms with Crippen molar-refractivity contribution >= 4 is 19.1 Å². The lowest BCUT2D eigenvalue weighted by molar-refractivity contribution is 0.0899. The molecule has 0 N–H and O–H groups in total. The summed E-state index contributed by atoms with van der Waals surface area (Å²) in [5.41, 5.74) is 5.29. The summed E-state index contributed by atoms with van der Waals surface area (Å²) in [6.45, 7) is 8.31. The van der Waals surface area contributed by atoms with Crippen LogP contribution in [0.1, 0.15) is 16.8 Å². The topological polar surface area (TPSA) is 76.6 Å². The monoisotopic (exact) mass is 467 g/mol. The van der Waals surface area contributed by atoms with Gasteiger partial charge < -0.3 is 9.30 Å². The molecule has 1 aliphatic carbocycles. The Morgan fingerprint density at radius 1 is 1.09 bits per heavy atom. The molecule has 172 valence electrons. The maximum atomic E-state index is 10.2. The van der Waals surface area contributed by atoms with E-state index in [9.17, 15) is 5.26 Å². The molecule has 0 fully saturated rings. The van der Waals surface area contributed by atoms with Crippen LogP contribution in [0.2, 0.25) is 25.7 Å². The minimum atomic E-state index is -1.12. The Morgan fingerprint density at radius 3 is 2.76 bits per heavy atom. The standard InChI is InChI=1S/C27H29N5OSi/c1-34(2,3)13-12-33-19-32-11-9-23-25(30-18-31-26(23)32)20-6-4-8-22(14-20)27(17-28)15-21-7-5-10-29-24(21)16-27/h4-11,14,18H,12-13,15-16,19H2,1-3H3. The van der Waals surface area contributed by atoms with Crippen molar-refractivity contribution in [1.29, 1.82) is 5.26 Å². The van der Waals surface area contributed by atoms with Gasteiger partial charge in [0.15, 0.2) is 0 Å². The number of benzene rings is 1. The van der Waals surface area contributed by atoms with Crippen LogP contribution in [0.3, 0.4) is 0 Å². The molecule has 1 unspecified atom stereocenters. The lowest BCUT2D eigenvalue weighted by atomic mass is 9.78. The van der Waals surface area contributed by atoms with Gasteiger partial charge >= 0.3 is 0 Å². The zero-order chi connectivity index (χ0) is 23.8. The fourth-order valence-electron chi connectivity index (χ4n) is 4.66. The molecule has 1 atom stereocenters.